The molecule has 3 amide bonds. The lowest BCUT2D eigenvalue weighted by Crippen LogP contribution is -2.50. The van der Waals surface area contributed by atoms with Gasteiger partial charge in [0.2, 0.25) is 5.91 Å². The number of piperidine rings is 1. The molecule has 1 fully saturated rings. The fraction of sp³-hybridized carbons (Fsp3) is 0.250. The van der Waals surface area contributed by atoms with Crippen molar-refractivity contribution in [3.05, 3.63) is 69.2 Å². The Morgan fingerprint density at radius 2 is 1.75 bits per heavy atom. The van der Waals surface area contributed by atoms with Crippen LogP contribution >= 0.6 is 27.5 Å². The lowest BCUT2D eigenvalue weighted by molar-refractivity contribution is -0.127. The summed E-state index contributed by atoms with van der Waals surface area (Å²) in [5.41, 5.74) is 5.86. The highest BCUT2D eigenvalue weighted by atomic mass is 79.9. The van der Waals surface area contributed by atoms with Crippen LogP contribution in [0.5, 0.6) is 0 Å². The molecule has 1 heterocycles. The monoisotopic (exact) mass is 463 g/mol. The van der Waals surface area contributed by atoms with E-state index in [9.17, 15) is 14.4 Å². The van der Waals surface area contributed by atoms with E-state index in [0.29, 0.717) is 40.1 Å². The first kappa shape index (κ1) is 20.4. The van der Waals surface area contributed by atoms with Crippen molar-refractivity contribution < 1.29 is 14.4 Å². The first-order valence-corrected chi connectivity index (χ1v) is 10.0. The summed E-state index contributed by atoms with van der Waals surface area (Å²) in [6.45, 7) is 0.896. The molecule has 8 heteroatoms. The maximum absolute atomic E-state index is 12.6. The summed E-state index contributed by atoms with van der Waals surface area (Å²) in [7, 11) is 0. The zero-order valence-corrected chi connectivity index (χ0v) is 17.3. The minimum Gasteiger partial charge on any atom is -0.338 e. The lowest BCUT2D eigenvalue weighted by Gasteiger charge is -2.32. The summed E-state index contributed by atoms with van der Waals surface area (Å²) in [6.07, 6.45) is 1.37. The van der Waals surface area contributed by atoms with Crippen LogP contribution in [0, 0.1) is 5.92 Å². The Kier molecular flexibility index (Phi) is 6.70. The molecule has 1 saturated heterocycles. The molecule has 1 atom stereocenters. The molecule has 3 rings (SSSR count). The average molecular weight is 465 g/mol. The average Bonchev–Trinajstić information content (AvgIpc) is 2.72. The van der Waals surface area contributed by atoms with Crippen LogP contribution in [0.1, 0.15) is 33.6 Å². The van der Waals surface area contributed by atoms with E-state index in [1.54, 1.807) is 53.4 Å². The van der Waals surface area contributed by atoms with Gasteiger partial charge in [0.15, 0.2) is 0 Å². The molecule has 6 nitrogen and oxygen atoms in total. The first-order chi connectivity index (χ1) is 13.5. The minimum absolute atomic E-state index is 0.133. The second-order valence-electron chi connectivity index (χ2n) is 6.52. The number of amides is 3. The second-order valence-corrected chi connectivity index (χ2v) is 7.81. The highest BCUT2D eigenvalue weighted by Crippen LogP contribution is 2.20. The number of carbonyl (C=O) groups excluding carboxylic acids is 3. The van der Waals surface area contributed by atoms with Crippen LogP contribution in [0.2, 0.25) is 5.02 Å². The van der Waals surface area contributed by atoms with E-state index in [1.165, 1.54) is 0 Å². The van der Waals surface area contributed by atoms with Gasteiger partial charge in [0.05, 0.1) is 11.5 Å². The molecule has 2 aromatic rings. The molecule has 1 aliphatic rings. The number of hydrogen-bond acceptors (Lipinski definition) is 3. The zero-order chi connectivity index (χ0) is 20.1. The minimum atomic E-state index is -0.411. The van der Waals surface area contributed by atoms with Gasteiger partial charge >= 0.3 is 0 Å². The van der Waals surface area contributed by atoms with Gasteiger partial charge in [-0.2, -0.15) is 0 Å². The second kappa shape index (κ2) is 9.21. The van der Waals surface area contributed by atoms with Gasteiger partial charge < -0.3 is 4.90 Å². The number of hydrazine groups is 1. The largest absolute Gasteiger partial charge is 0.338 e. The van der Waals surface area contributed by atoms with Crippen molar-refractivity contribution in [3.8, 4) is 0 Å². The van der Waals surface area contributed by atoms with Gasteiger partial charge in [-0.25, -0.2) is 0 Å². The molecule has 28 heavy (non-hydrogen) atoms. The Labute approximate surface area is 176 Å². The van der Waals surface area contributed by atoms with Crippen LogP contribution in [-0.2, 0) is 4.79 Å². The zero-order valence-electron chi connectivity index (χ0n) is 15.0. The summed E-state index contributed by atoms with van der Waals surface area (Å²) in [6, 6.07) is 13.6. The molecule has 0 unspecified atom stereocenters. The SMILES string of the molecule is O=C(NNC(=O)[C@@H]1CCCN(C(=O)c2ccc(Cl)cc2)C1)c1ccccc1Br. The third kappa shape index (κ3) is 4.91. The number of likely N-dealkylation sites (tertiary alicyclic amines) is 1. The van der Waals surface area contributed by atoms with Gasteiger partial charge in [-0.05, 0) is 65.2 Å². The van der Waals surface area contributed by atoms with Crippen LogP contribution in [0.15, 0.2) is 53.0 Å². The van der Waals surface area contributed by atoms with E-state index >= 15 is 0 Å². The normalized spacial score (nSPS) is 16.4. The molecule has 0 aliphatic carbocycles. The highest BCUT2D eigenvalue weighted by molar-refractivity contribution is 9.10. The summed E-state index contributed by atoms with van der Waals surface area (Å²) in [5.74, 6) is -1.24. The van der Waals surface area contributed by atoms with Crippen LogP contribution in [0.25, 0.3) is 0 Å². The molecule has 0 saturated carbocycles. The Bertz CT molecular complexity index is 889. The van der Waals surface area contributed by atoms with E-state index in [4.69, 9.17) is 11.6 Å². The molecular formula is C20H19BrClN3O3. The lowest BCUT2D eigenvalue weighted by atomic mass is 9.96. The summed E-state index contributed by atoms with van der Waals surface area (Å²) in [5, 5.41) is 0.563. The number of hydrogen-bond donors (Lipinski definition) is 2. The molecule has 2 aromatic carbocycles. The molecule has 0 radical (unpaired) electrons. The number of nitrogens with one attached hydrogen (secondary N) is 2. The number of rotatable bonds is 3. The van der Waals surface area contributed by atoms with Crippen LogP contribution in [0.3, 0.4) is 0 Å². The van der Waals surface area contributed by atoms with E-state index in [0.717, 1.165) is 6.42 Å². The number of carbonyl (C=O) groups is 3. The van der Waals surface area contributed by atoms with Crippen LogP contribution < -0.4 is 10.9 Å². The third-order valence-electron chi connectivity index (χ3n) is 4.59. The fourth-order valence-corrected chi connectivity index (χ4v) is 3.67. The van der Waals surface area contributed by atoms with Crippen molar-refractivity contribution in [2.75, 3.05) is 13.1 Å². The van der Waals surface area contributed by atoms with E-state index in [-0.39, 0.29) is 17.7 Å². The molecule has 0 spiro atoms. The highest BCUT2D eigenvalue weighted by Gasteiger charge is 2.29. The maximum Gasteiger partial charge on any atom is 0.270 e. The maximum atomic E-state index is 12.6. The topological polar surface area (TPSA) is 78.5 Å². The quantitative estimate of drug-likeness (QED) is 0.683. The van der Waals surface area contributed by atoms with Gasteiger partial charge in [0.1, 0.15) is 0 Å². The standard InChI is InChI=1S/C20H19BrClN3O3/c21-17-6-2-1-5-16(17)19(27)24-23-18(26)14-4-3-11-25(12-14)20(28)13-7-9-15(22)10-8-13/h1-2,5-10,14H,3-4,11-12H2,(H,23,26)(H,24,27)/t14-/m1/s1. The van der Waals surface area contributed by atoms with Crippen LogP contribution in [-0.4, -0.2) is 35.7 Å². The predicted molar refractivity (Wildman–Crippen MR) is 110 cm³/mol. The Morgan fingerprint density at radius 3 is 2.46 bits per heavy atom. The summed E-state index contributed by atoms with van der Waals surface area (Å²) >= 11 is 9.17. The van der Waals surface area contributed by atoms with E-state index < -0.39 is 5.91 Å². The Morgan fingerprint density at radius 1 is 1.04 bits per heavy atom. The molecular weight excluding hydrogens is 446 g/mol. The van der Waals surface area contributed by atoms with Crippen molar-refractivity contribution in [2.24, 2.45) is 5.92 Å². The number of halogens is 2. The van der Waals surface area contributed by atoms with E-state index in [2.05, 4.69) is 26.8 Å². The smallest absolute Gasteiger partial charge is 0.270 e. The molecule has 146 valence electrons. The van der Waals surface area contributed by atoms with Crippen molar-refractivity contribution in [1.82, 2.24) is 15.8 Å². The molecule has 0 bridgehead atoms. The van der Waals surface area contributed by atoms with Gasteiger partial charge in [-0.15, -0.1) is 0 Å². The Hall–Kier alpha value is -2.38. The van der Waals surface area contributed by atoms with Crippen molar-refractivity contribution in [1.29, 1.82) is 0 Å². The van der Waals surface area contributed by atoms with Crippen LogP contribution in [0.4, 0.5) is 0 Å². The molecule has 1 aliphatic heterocycles. The van der Waals surface area contributed by atoms with E-state index in [1.807, 2.05) is 0 Å². The van der Waals surface area contributed by atoms with Gasteiger partial charge in [-0.3, -0.25) is 25.2 Å². The summed E-state index contributed by atoms with van der Waals surface area (Å²) in [4.78, 5) is 39.0. The van der Waals surface area contributed by atoms with Gasteiger partial charge in [-0.1, -0.05) is 23.7 Å². The predicted octanol–water partition coefficient (Wildman–Crippen LogP) is 3.42. The molecule has 0 aromatic heterocycles. The van der Waals surface area contributed by atoms with Crippen molar-refractivity contribution in [3.63, 3.8) is 0 Å². The summed E-state index contributed by atoms with van der Waals surface area (Å²) < 4.78 is 0.638. The molecule has 2 N–H and O–H groups in total. The number of benzene rings is 2. The van der Waals surface area contributed by atoms with Gasteiger partial charge in [0, 0.05) is 28.1 Å². The first-order valence-electron chi connectivity index (χ1n) is 8.85. The number of nitrogens with zero attached hydrogens (tertiary/aromatic N) is 1. The third-order valence-corrected chi connectivity index (χ3v) is 5.53. The van der Waals surface area contributed by atoms with Gasteiger partial charge in [0.25, 0.3) is 11.8 Å². The Balaban J connectivity index is 1.57. The van der Waals surface area contributed by atoms with Crippen molar-refractivity contribution in [2.45, 2.75) is 12.8 Å². The fourth-order valence-electron chi connectivity index (χ4n) is 3.08. The van der Waals surface area contributed by atoms with Crippen molar-refractivity contribution >= 4 is 45.3 Å².